The van der Waals surface area contributed by atoms with Crippen molar-refractivity contribution in [3.8, 4) is 0 Å². The lowest BCUT2D eigenvalue weighted by atomic mass is 10.2. The molecule has 21 heavy (non-hydrogen) atoms. The number of nitrogens with zero attached hydrogens (tertiary/aromatic N) is 2. The molecule has 0 bridgehead atoms. The molecule has 1 aromatic carbocycles. The first-order valence-electron chi connectivity index (χ1n) is 7.30. The van der Waals surface area contributed by atoms with Gasteiger partial charge in [0.25, 0.3) is 0 Å². The third kappa shape index (κ3) is 4.76. The van der Waals surface area contributed by atoms with E-state index in [1.807, 2.05) is 23.1 Å². The van der Waals surface area contributed by atoms with E-state index in [-0.39, 0.29) is 5.91 Å². The number of carbonyl (C=O) groups excluding carboxylic acids is 1. The highest BCUT2D eigenvalue weighted by Crippen LogP contribution is 2.20. The Hall–Kier alpha value is -1.52. The highest BCUT2D eigenvalue weighted by atomic mass is 35.5. The fraction of sp³-hybridized carbons (Fsp3) is 0.438. The molecule has 0 saturated carbocycles. The Morgan fingerprint density at radius 2 is 2.10 bits per heavy atom. The van der Waals surface area contributed by atoms with Gasteiger partial charge in [-0.3, -0.25) is 4.79 Å². The van der Waals surface area contributed by atoms with Gasteiger partial charge in [0.2, 0.25) is 5.91 Å². The minimum absolute atomic E-state index is 0.220. The first-order valence-corrected chi connectivity index (χ1v) is 7.68. The number of carbonyl (C=O) groups is 1. The van der Waals surface area contributed by atoms with E-state index in [1.165, 1.54) is 0 Å². The zero-order valence-corrected chi connectivity index (χ0v) is 13.0. The number of benzene rings is 1. The summed E-state index contributed by atoms with van der Waals surface area (Å²) in [6.45, 7) is 8.34. The molecule has 0 radical (unpaired) electrons. The van der Waals surface area contributed by atoms with Crippen LogP contribution in [0.25, 0.3) is 0 Å². The number of hydrogen-bond donors (Lipinski definition) is 1. The van der Waals surface area contributed by atoms with Crippen LogP contribution in [0.5, 0.6) is 0 Å². The average Bonchev–Trinajstić information content (AvgIpc) is 2.51. The average molecular weight is 308 g/mol. The van der Waals surface area contributed by atoms with Crippen LogP contribution in [0, 0.1) is 0 Å². The van der Waals surface area contributed by atoms with Crippen molar-refractivity contribution in [2.45, 2.75) is 6.42 Å². The van der Waals surface area contributed by atoms with Crippen LogP contribution >= 0.6 is 11.6 Å². The Kier molecular flexibility index (Phi) is 6.08. The summed E-state index contributed by atoms with van der Waals surface area (Å²) in [4.78, 5) is 16.3. The van der Waals surface area contributed by atoms with E-state index in [0.717, 1.165) is 43.4 Å². The van der Waals surface area contributed by atoms with Crippen LogP contribution in [-0.2, 0) is 4.79 Å². The first-order chi connectivity index (χ1) is 10.2. The summed E-state index contributed by atoms with van der Waals surface area (Å²) in [5, 5.41) is 3.90. The van der Waals surface area contributed by atoms with E-state index in [4.69, 9.17) is 11.6 Å². The van der Waals surface area contributed by atoms with Crippen LogP contribution < -0.4 is 10.2 Å². The molecule has 1 aliphatic heterocycles. The van der Waals surface area contributed by atoms with Crippen LogP contribution in [0.2, 0.25) is 5.02 Å². The zero-order chi connectivity index (χ0) is 15.1. The predicted octanol–water partition coefficient (Wildman–Crippen LogP) is 2.15. The standard InChI is InChI=1S/C16H22ClN3O/c1-2-7-18-8-6-16(21)20-11-9-19(10-12-20)15-5-3-4-14(17)13-15/h2-5,13,18H,1,6-12H2. The third-order valence-corrected chi connectivity index (χ3v) is 3.85. The van der Waals surface area contributed by atoms with Crippen LogP contribution in [0.4, 0.5) is 5.69 Å². The van der Waals surface area contributed by atoms with E-state index < -0.39 is 0 Å². The van der Waals surface area contributed by atoms with Crippen molar-refractivity contribution in [2.75, 3.05) is 44.2 Å². The molecule has 1 saturated heterocycles. The Bertz CT molecular complexity index is 484. The van der Waals surface area contributed by atoms with E-state index in [9.17, 15) is 4.79 Å². The summed E-state index contributed by atoms with van der Waals surface area (Å²) in [7, 11) is 0. The van der Waals surface area contributed by atoms with Crippen LogP contribution in [0.3, 0.4) is 0 Å². The normalized spacial score (nSPS) is 15.1. The molecule has 2 rings (SSSR count). The van der Waals surface area contributed by atoms with Gasteiger partial charge in [0.15, 0.2) is 0 Å². The zero-order valence-electron chi connectivity index (χ0n) is 12.2. The molecular weight excluding hydrogens is 286 g/mol. The van der Waals surface area contributed by atoms with Crippen LogP contribution in [0.1, 0.15) is 6.42 Å². The lowest BCUT2D eigenvalue weighted by Gasteiger charge is -2.36. The number of halogens is 1. The Morgan fingerprint density at radius 3 is 2.76 bits per heavy atom. The summed E-state index contributed by atoms with van der Waals surface area (Å²) in [5.41, 5.74) is 1.13. The molecule has 1 amide bonds. The second kappa shape index (κ2) is 8.05. The molecule has 1 aliphatic rings. The molecule has 0 aromatic heterocycles. The van der Waals surface area contributed by atoms with Gasteiger partial charge in [-0.25, -0.2) is 0 Å². The third-order valence-electron chi connectivity index (χ3n) is 3.61. The maximum Gasteiger partial charge on any atom is 0.223 e. The summed E-state index contributed by atoms with van der Waals surface area (Å²) < 4.78 is 0. The SMILES string of the molecule is C=CCNCCC(=O)N1CCN(c2cccc(Cl)c2)CC1. The van der Waals surface area contributed by atoms with Gasteiger partial charge in [0.05, 0.1) is 0 Å². The number of nitrogens with one attached hydrogen (secondary N) is 1. The van der Waals surface area contributed by atoms with Crippen LogP contribution in [-0.4, -0.2) is 50.1 Å². The predicted molar refractivity (Wildman–Crippen MR) is 87.9 cm³/mol. The van der Waals surface area contributed by atoms with Crippen molar-refractivity contribution in [3.63, 3.8) is 0 Å². The van der Waals surface area contributed by atoms with E-state index in [0.29, 0.717) is 13.0 Å². The molecular formula is C16H22ClN3O. The summed E-state index contributed by atoms with van der Waals surface area (Å²) in [6, 6.07) is 7.86. The second-order valence-corrected chi connectivity index (χ2v) is 5.53. The summed E-state index contributed by atoms with van der Waals surface area (Å²) in [6.07, 6.45) is 2.35. The fourth-order valence-corrected chi connectivity index (χ4v) is 2.63. The molecule has 1 N–H and O–H groups in total. The van der Waals surface area contributed by atoms with Gasteiger partial charge in [0.1, 0.15) is 0 Å². The molecule has 0 atom stereocenters. The highest BCUT2D eigenvalue weighted by molar-refractivity contribution is 6.30. The van der Waals surface area contributed by atoms with Crippen molar-refractivity contribution < 1.29 is 4.79 Å². The van der Waals surface area contributed by atoms with Crippen molar-refractivity contribution in [3.05, 3.63) is 41.9 Å². The van der Waals surface area contributed by atoms with Gasteiger partial charge in [-0.15, -0.1) is 6.58 Å². The van der Waals surface area contributed by atoms with Gasteiger partial charge >= 0.3 is 0 Å². The molecule has 1 fully saturated rings. The maximum atomic E-state index is 12.1. The van der Waals surface area contributed by atoms with Crippen molar-refractivity contribution >= 4 is 23.2 Å². The minimum Gasteiger partial charge on any atom is -0.368 e. The number of rotatable bonds is 6. The quantitative estimate of drug-likeness (QED) is 0.646. The van der Waals surface area contributed by atoms with Gasteiger partial charge in [0, 0.05) is 56.4 Å². The molecule has 5 heteroatoms. The highest BCUT2D eigenvalue weighted by Gasteiger charge is 2.20. The minimum atomic E-state index is 0.220. The molecule has 0 spiro atoms. The van der Waals surface area contributed by atoms with Gasteiger partial charge < -0.3 is 15.1 Å². The maximum absolute atomic E-state index is 12.1. The molecule has 4 nitrogen and oxygen atoms in total. The van der Waals surface area contributed by atoms with Crippen molar-refractivity contribution in [1.82, 2.24) is 10.2 Å². The number of anilines is 1. The molecule has 114 valence electrons. The van der Waals surface area contributed by atoms with Crippen molar-refractivity contribution in [1.29, 1.82) is 0 Å². The first kappa shape index (κ1) is 15.9. The second-order valence-electron chi connectivity index (χ2n) is 5.09. The lowest BCUT2D eigenvalue weighted by molar-refractivity contribution is -0.131. The monoisotopic (exact) mass is 307 g/mol. The van der Waals surface area contributed by atoms with E-state index >= 15 is 0 Å². The largest absolute Gasteiger partial charge is 0.368 e. The summed E-state index contributed by atoms with van der Waals surface area (Å²) in [5.74, 6) is 0.220. The van der Waals surface area contributed by atoms with E-state index in [2.05, 4.69) is 22.9 Å². The fourth-order valence-electron chi connectivity index (χ4n) is 2.44. The molecule has 0 unspecified atom stereocenters. The Balaban J connectivity index is 1.77. The number of amides is 1. The number of hydrogen-bond acceptors (Lipinski definition) is 3. The molecule has 0 aliphatic carbocycles. The Labute approximate surface area is 131 Å². The smallest absolute Gasteiger partial charge is 0.223 e. The molecule has 1 heterocycles. The summed E-state index contributed by atoms with van der Waals surface area (Å²) >= 11 is 6.02. The topological polar surface area (TPSA) is 35.6 Å². The van der Waals surface area contributed by atoms with Gasteiger partial charge in [-0.2, -0.15) is 0 Å². The lowest BCUT2D eigenvalue weighted by Crippen LogP contribution is -2.49. The number of piperazine rings is 1. The van der Waals surface area contributed by atoms with Gasteiger partial charge in [-0.1, -0.05) is 23.7 Å². The van der Waals surface area contributed by atoms with Gasteiger partial charge in [-0.05, 0) is 18.2 Å². The van der Waals surface area contributed by atoms with Crippen LogP contribution in [0.15, 0.2) is 36.9 Å². The molecule has 1 aromatic rings. The Morgan fingerprint density at radius 1 is 1.33 bits per heavy atom. The van der Waals surface area contributed by atoms with E-state index in [1.54, 1.807) is 6.08 Å². The van der Waals surface area contributed by atoms with Crippen molar-refractivity contribution in [2.24, 2.45) is 0 Å².